The van der Waals surface area contributed by atoms with Gasteiger partial charge in [-0.15, -0.1) is 11.3 Å². The van der Waals surface area contributed by atoms with Crippen LogP contribution < -0.4 is 10.9 Å². The van der Waals surface area contributed by atoms with Crippen LogP contribution in [0, 0.1) is 0 Å². The molecule has 3 aromatic rings. The molecule has 0 fully saturated rings. The zero-order valence-corrected chi connectivity index (χ0v) is 14.6. The molecule has 3 heterocycles. The monoisotopic (exact) mass is 357 g/mol. The fourth-order valence-electron chi connectivity index (χ4n) is 3.25. The maximum atomic E-state index is 12.9. The number of furan rings is 1. The van der Waals surface area contributed by atoms with E-state index in [-0.39, 0.29) is 17.7 Å². The summed E-state index contributed by atoms with van der Waals surface area (Å²) in [6.07, 6.45) is 9.42. The van der Waals surface area contributed by atoms with E-state index in [0.29, 0.717) is 10.7 Å². The first-order valence-corrected chi connectivity index (χ1v) is 9.38. The smallest absolute Gasteiger partial charge is 0.271 e. The summed E-state index contributed by atoms with van der Waals surface area (Å²) in [5.41, 5.74) is 0.838. The predicted octanol–water partition coefficient (Wildman–Crippen LogP) is 2.94. The minimum absolute atomic E-state index is 0.0757. The van der Waals surface area contributed by atoms with Crippen LogP contribution >= 0.6 is 11.3 Å². The van der Waals surface area contributed by atoms with Crippen molar-refractivity contribution in [3.05, 3.63) is 56.8 Å². The van der Waals surface area contributed by atoms with Crippen molar-refractivity contribution >= 4 is 22.2 Å². The molecule has 3 aromatic heterocycles. The Bertz CT molecular complexity index is 956. The van der Waals surface area contributed by atoms with Crippen molar-refractivity contribution in [2.24, 2.45) is 0 Å². The van der Waals surface area contributed by atoms with Crippen molar-refractivity contribution in [3.63, 3.8) is 0 Å². The first kappa shape index (κ1) is 16.1. The maximum Gasteiger partial charge on any atom is 0.271 e. The molecule has 6 nitrogen and oxygen atoms in total. The second kappa shape index (κ2) is 6.84. The standard InChI is InChI=1S/C18H19N3O3S/c22-16(19-10-12-6-5-9-24-12)13-11-20-18-21(17(13)23)14-7-3-1-2-4-8-15(14)25-18/h5-6,9,11H,1-4,7-8,10H2,(H,19,22). The van der Waals surface area contributed by atoms with Gasteiger partial charge in [-0.05, 0) is 37.8 Å². The lowest BCUT2D eigenvalue weighted by Gasteiger charge is -2.09. The number of amides is 1. The Morgan fingerprint density at radius 3 is 2.92 bits per heavy atom. The summed E-state index contributed by atoms with van der Waals surface area (Å²) in [4.78, 5) is 31.6. The minimum Gasteiger partial charge on any atom is -0.467 e. The van der Waals surface area contributed by atoms with Gasteiger partial charge in [0.2, 0.25) is 0 Å². The Morgan fingerprint density at radius 2 is 2.12 bits per heavy atom. The van der Waals surface area contributed by atoms with Crippen molar-refractivity contribution in [3.8, 4) is 0 Å². The highest BCUT2D eigenvalue weighted by Gasteiger charge is 2.20. The van der Waals surface area contributed by atoms with Gasteiger partial charge < -0.3 is 9.73 Å². The first-order chi connectivity index (χ1) is 12.2. The maximum absolute atomic E-state index is 12.9. The van der Waals surface area contributed by atoms with Gasteiger partial charge in [-0.25, -0.2) is 4.98 Å². The van der Waals surface area contributed by atoms with Crippen LogP contribution in [0.3, 0.4) is 0 Å². The van der Waals surface area contributed by atoms with E-state index in [2.05, 4.69) is 10.3 Å². The fraction of sp³-hybridized carbons (Fsp3) is 0.389. The van der Waals surface area contributed by atoms with E-state index in [1.54, 1.807) is 34.1 Å². The van der Waals surface area contributed by atoms with Crippen molar-refractivity contribution in [1.29, 1.82) is 0 Å². The minimum atomic E-state index is -0.422. The summed E-state index contributed by atoms with van der Waals surface area (Å²) in [6.45, 7) is 0.246. The van der Waals surface area contributed by atoms with Gasteiger partial charge in [0.25, 0.3) is 11.5 Å². The topological polar surface area (TPSA) is 76.6 Å². The van der Waals surface area contributed by atoms with E-state index in [4.69, 9.17) is 4.42 Å². The molecule has 4 rings (SSSR count). The van der Waals surface area contributed by atoms with E-state index < -0.39 is 5.91 Å². The van der Waals surface area contributed by atoms with Crippen LogP contribution in [0.1, 0.15) is 52.4 Å². The lowest BCUT2D eigenvalue weighted by molar-refractivity contribution is 0.0946. The first-order valence-electron chi connectivity index (χ1n) is 8.57. The van der Waals surface area contributed by atoms with Gasteiger partial charge in [-0.3, -0.25) is 14.0 Å². The van der Waals surface area contributed by atoms with Gasteiger partial charge in [-0.2, -0.15) is 0 Å². The molecule has 0 saturated heterocycles. The molecular formula is C18H19N3O3S. The Hall–Kier alpha value is -2.41. The van der Waals surface area contributed by atoms with E-state index in [1.165, 1.54) is 23.9 Å². The zero-order chi connectivity index (χ0) is 17.2. The molecule has 0 aromatic carbocycles. The Kier molecular flexibility index (Phi) is 4.40. The molecule has 0 atom stereocenters. The summed E-state index contributed by atoms with van der Waals surface area (Å²) in [6, 6.07) is 3.53. The fourth-order valence-corrected chi connectivity index (χ4v) is 4.42. The molecule has 1 N–H and O–H groups in total. The largest absolute Gasteiger partial charge is 0.467 e. The van der Waals surface area contributed by atoms with Crippen LogP contribution in [0.15, 0.2) is 33.8 Å². The van der Waals surface area contributed by atoms with Crippen LogP contribution in [0.25, 0.3) is 4.96 Å². The zero-order valence-electron chi connectivity index (χ0n) is 13.8. The molecule has 7 heteroatoms. The highest BCUT2D eigenvalue weighted by atomic mass is 32.1. The molecule has 130 valence electrons. The van der Waals surface area contributed by atoms with E-state index >= 15 is 0 Å². The van der Waals surface area contributed by atoms with Crippen molar-refractivity contribution < 1.29 is 9.21 Å². The molecule has 0 radical (unpaired) electrons. The molecule has 0 aliphatic heterocycles. The summed E-state index contributed by atoms with van der Waals surface area (Å²) in [7, 11) is 0. The lowest BCUT2D eigenvalue weighted by atomic mass is 10.0. The number of thiazole rings is 1. The van der Waals surface area contributed by atoms with E-state index in [9.17, 15) is 9.59 Å². The number of aromatic nitrogens is 2. The van der Waals surface area contributed by atoms with Gasteiger partial charge in [0.15, 0.2) is 4.96 Å². The predicted molar refractivity (Wildman–Crippen MR) is 95.1 cm³/mol. The third-order valence-corrected chi connectivity index (χ3v) is 5.71. The molecule has 25 heavy (non-hydrogen) atoms. The van der Waals surface area contributed by atoms with Gasteiger partial charge >= 0.3 is 0 Å². The SMILES string of the molecule is O=C(NCc1ccco1)c1cnc2sc3c(n2c1=O)CCCCCC3. The molecule has 0 unspecified atom stereocenters. The second-order valence-electron chi connectivity index (χ2n) is 6.24. The van der Waals surface area contributed by atoms with Crippen molar-refractivity contribution in [2.45, 2.75) is 45.1 Å². The number of aryl methyl sites for hydroxylation is 2. The molecule has 0 saturated carbocycles. The van der Waals surface area contributed by atoms with Crippen LogP contribution in [-0.4, -0.2) is 15.3 Å². The Morgan fingerprint density at radius 1 is 1.28 bits per heavy atom. The number of carbonyl (C=O) groups excluding carboxylic acids is 1. The molecule has 1 amide bonds. The van der Waals surface area contributed by atoms with Crippen LogP contribution in [0.4, 0.5) is 0 Å². The van der Waals surface area contributed by atoms with Crippen LogP contribution in [0.2, 0.25) is 0 Å². The number of carbonyl (C=O) groups is 1. The highest BCUT2D eigenvalue weighted by molar-refractivity contribution is 7.17. The van der Waals surface area contributed by atoms with Crippen LogP contribution in [-0.2, 0) is 19.4 Å². The summed E-state index contributed by atoms with van der Waals surface area (Å²) in [5.74, 6) is 0.220. The van der Waals surface area contributed by atoms with Crippen LogP contribution in [0.5, 0.6) is 0 Å². The molecule has 0 spiro atoms. The molecule has 1 aliphatic rings. The van der Waals surface area contributed by atoms with Crippen molar-refractivity contribution in [2.75, 3.05) is 0 Å². The van der Waals surface area contributed by atoms with E-state index in [0.717, 1.165) is 31.4 Å². The Balaban J connectivity index is 1.68. The number of hydrogen-bond acceptors (Lipinski definition) is 5. The molecule has 1 aliphatic carbocycles. The quantitative estimate of drug-likeness (QED) is 0.782. The number of nitrogens with one attached hydrogen (secondary N) is 1. The normalized spacial score (nSPS) is 14.7. The van der Waals surface area contributed by atoms with Gasteiger partial charge in [-0.1, -0.05) is 12.8 Å². The lowest BCUT2D eigenvalue weighted by Crippen LogP contribution is -2.31. The van der Waals surface area contributed by atoms with Gasteiger partial charge in [0.05, 0.1) is 12.8 Å². The number of nitrogens with zero attached hydrogens (tertiary/aromatic N) is 2. The molecular weight excluding hydrogens is 338 g/mol. The summed E-state index contributed by atoms with van der Waals surface area (Å²) >= 11 is 1.57. The average Bonchev–Trinajstić information content (AvgIpc) is 3.21. The Labute approximate surface area is 148 Å². The molecule has 0 bridgehead atoms. The van der Waals surface area contributed by atoms with Gasteiger partial charge in [0, 0.05) is 16.8 Å². The third kappa shape index (κ3) is 3.11. The number of hydrogen-bond donors (Lipinski definition) is 1. The number of fused-ring (bicyclic) bond motifs is 3. The average molecular weight is 357 g/mol. The van der Waals surface area contributed by atoms with Gasteiger partial charge in [0.1, 0.15) is 11.3 Å². The second-order valence-corrected chi connectivity index (χ2v) is 7.31. The highest BCUT2D eigenvalue weighted by Crippen LogP contribution is 2.27. The van der Waals surface area contributed by atoms with E-state index in [1.807, 2.05) is 0 Å². The van der Waals surface area contributed by atoms with Crippen molar-refractivity contribution in [1.82, 2.24) is 14.7 Å². The third-order valence-electron chi connectivity index (χ3n) is 4.55. The summed E-state index contributed by atoms with van der Waals surface area (Å²) < 4.78 is 6.84. The summed E-state index contributed by atoms with van der Waals surface area (Å²) in [5, 5.41) is 2.72. The number of rotatable bonds is 3.